The van der Waals surface area contributed by atoms with Gasteiger partial charge in [0.1, 0.15) is 25.9 Å². The van der Waals surface area contributed by atoms with Crippen LogP contribution in [0.1, 0.15) is 20.8 Å². The number of carbonyl (C=O) groups excluding carboxylic acids is 4. The number of nitrogens with one attached hydrogen (secondary N) is 2. The lowest BCUT2D eigenvalue weighted by atomic mass is 10.3. The van der Waals surface area contributed by atoms with Gasteiger partial charge in [-0.1, -0.05) is 13.2 Å². The van der Waals surface area contributed by atoms with Gasteiger partial charge in [-0.2, -0.15) is 0 Å². The fraction of sp³-hybridized carbons (Fsp3) is 0.500. The second-order valence-electron chi connectivity index (χ2n) is 5.18. The van der Waals surface area contributed by atoms with E-state index in [0.717, 1.165) is 0 Å². The molecule has 0 radical (unpaired) electrons. The zero-order valence-electron chi connectivity index (χ0n) is 15.1. The van der Waals surface area contributed by atoms with Gasteiger partial charge in [0.25, 0.3) is 0 Å². The number of amides is 2. The van der Waals surface area contributed by atoms with E-state index < -0.39 is 30.2 Å². The van der Waals surface area contributed by atoms with Crippen LogP contribution in [0.25, 0.3) is 0 Å². The highest BCUT2D eigenvalue weighted by molar-refractivity contribution is 5.87. The van der Waals surface area contributed by atoms with Crippen molar-refractivity contribution in [2.75, 3.05) is 26.5 Å². The standard InChI is InChI=1S/C16H24N2O8/c1-10(2)13(19)23-6-7-24-15(21)17-9-18-16(22)25-8-12(5)26-14(20)11(3)4/h12H,1,3,6-9H2,2,4-5H3,(H,17,21)(H,18,22). The summed E-state index contributed by atoms with van der Waals surface area (Å²) in [4.78, 5) is 45.0. The Balaban J connectivity index is 3.76. The summed E-state index contributed by atoms with van der Waals surface area (Å²) in [6, 6.07) is 0. The second-order valence-corrected chi connectivity index (χ2v) is 5.18. The Labute approximate surface area is 151 Å². The summed E-state index contributed by atoms with van der Waals surface area (Å²) in [5, 5.41) is 4.47. The van der Waals surface area contributed by atoms with Crippen LogP contribution in [0.2, 0.25) is 0 Å². The van der Waals surface area contributed by atoms with Crippen molar-refractivity contribution in [1.82, 2.24) is 10.6 Å². The van der Waals surface area contributed by atoms with Gasteiger partial charge in [-0.05, 0) is 20.8 Å². The van der Waals surface area contributed by atoms with Crippen molar-refractivity contribution in [3.05, 3.63) is 24.3 Å². The quantitative estimate of drug-likeness (QED) is 0.191. The van der Waals surface area contributed by atoms with Gasteiger partial charge in [0.15, 0.2) is 0 Å². The second kappa shape index (κ2) is 12.3. The van der Waals surface area contributed by atoms with E-state index in [0.29, 0.717) is 0 Å². The summed E-state index contributed by atoms with van der Waals surface area (Å²) < 4.78 is 19.1. The Morgan fingerprint density at radius 3 is 1.88 bits per heavy atom. The Morgan fingerprint density at radius 1 is 0.846 bits per heavy atom. The maximum absolute atomic E-state index is 11.4. The third-order valence-electron chi connectivity index (χ3n) is 2.47. The lowest BCUT2D eigenvalue weighted by Crippen LogP contribution is -2.39. The van der Waals surface area contributed by atoms with E-state index in [-0.39, 0.29) is 37.6 Å². The van der Waals surface area contributed by atoms with Crippen LogP contribution in [0.15, 0.2) is 24.3 Å². The number of carbonyl (C=O) groups is 4. The molecule has 0 spiro atoms. The van der Waals surface area contributed by atoms with E-state index in [1.165, 1.54) is 13.8 Å². The predicted octanol–water partition coefficient (Wildman–Crippen LogP) is 1.02. The lowest BCUT2D eigenvalue weighted by molar-refractivity contribution is -0.145. The summed E-state index contributed by atoms with van der Waals surface area (Å²) in [6.07, 6.45) is -2.29. The Hall–Kier alpha value is -3.04. The molecule has 0 aliphatic rings. The molecule has 2 N–H and O–H groups in total. The number of hydrogen-bond acceptors (Lipinski definition) is 8. The maximum atomic E-state index is 11.4. The van der Waals surface area contributed by atoms with E-state index in [4.69, 9.17) is 18.9 Å². The van der Waals surface area contributed by atoms with E-state index in [9.17, 15) is 19.2 Å². The average molecular weight is 372 g/mol. The van der Waals surface area contributed by atoms with Crippen LogP contribution >= 0.6 is 0 Å². The van der Waals surface area contributed by atoms with Gasteiger partial charge in [0.2, 0.25) is 0 Å². The molecule has 10 nitrogen and oxygen atoms in total. The number of esters is 2. The van der Waals surface area contributed by atoms with Crippen molar-refractivity contribution in [3.8, 4) is 0 Å². The number of alkyl carbamates (subject to hydrolysis) is 2. The molecule has 10 heteroatoms. The molecule has 0 heterocycles. The molecule has 0 rings (SSSR count). The average Bonchev–Trinajstić information content (AvgIpc) is 2.56. The molecule has 0 saturated carbocycles. The molecule has 0 aliphatic carbocycles. The monoisotopic (exact) mass is 372 g/mol. The fourth-order valence-electron chi connectivity index (χ4n) is 1.19. The minimum absolute atomic E-state index is 0.116. The fourth-order valence-corrected chi connectivity index (χ4v) is 1.19. The molecule has 2 amide bonds. The van der Waals surface area contributed by atoms with Gasteiger partial charge in [-0.3, -0.25) is 0 Å². The molecular weight excluding hydrogens is 348 g/mol. The molecule has 0 saturated heterocycles. The molecule has 0 aliphatic heterocycles. The van der Waals surface area contributed by atoms with Gasteiger partial charge in [0.05, 0.1) is 6.67 Å². The molecule has 1 atom stereocenters. The molecule has 1 unspecified atom stereocenters. The SMILES string of the molecule is C=C(C)C(=O)OCCOC(=O)NCNC(=O)OCC(C)OC(=O)C(=C)C. The van der Waals surface area contributed by atoms with E-state index >= 15 is 0 Å². The van der Waals surface area contributed by atoms with Crippen molar-refractivity contribution >= 4 is 24.1 Å². The molecular formula is C16H24N2O8. The van der Waals surface area contributed by atoms with Gasteiger partial charge in [0, 0.05) is 11.1 Å². The topological polar surface area (TPSA) is 129 Å². The largest absolute Gasteiger partial charge is 0.459 e. The maximum Gasteiger partial charge on any atom is 0.408 e. The predicted molar refractivity (Wildman–Crippen MR) is 90.0 cm³/mol. The summed E-state index contributed by atoms with van der Waals surface area (Å²) in [6.45, 7) is 10.7. The van der Waals surface area contributed by atoms with Crippen LogP contribution < -0.4 is 10.6 Å². The summed E-state index contributed by atoms with van der Waals surface area (Å²) >= 11 is 0. The van der Waals surface area contributed by atoms with Crippen molar-refractivity contribution in [1.29, 1.82) is 0 Å². The van der Waals surface area contributed by atoms with Crippen molar-refractivity contribution in [2.45, 2.75) is 26.9 Å². The van der Waals surface area contributed by atoms with Crippen LogP contribution in [0.4, 0.5) is 9.59 Å². The highest BCUT2D eigenvalue weighted by Crippen LogP contribution is 1.99. The molecule has 146 valence electrons. The van der Waals surface area contributed by atoms with Gasteiger partial charge in [-0.25, -0.2) is 19.2 Å². The van der Waals surface area contributed by atoms with E-state index in [1.54, 1.807) is 6.92 Å². The van der Waals surface area contributed by atoms with Gasteiger partial charge >= 0.3 is 24.1 Å². The minimum Gasteiger partial charge on any atom is -0.459 e. The Morgan fingerprint density at radius 2 is 1.35 bits per heavy atom. The van der Waals surface area contributed by atoms with Crippen molar-refractivity contribution in [2.24, 2.45) is 0 Å². The first-order valence-corrected chi connectivity index (χ1v) is 7.63. The Bertz CT molecular complexity index is 558. The van der Waals surface area contributed by atoms with Crippen LogP contribution in [0, 0.1) is 0 Å². The molecule has 0 aromatic heterocycles. The number of rotatable bonds is 10. The molecule has 0 aromatic rings. The number of hydrogen-bond donors (Lipinski definition) is 2. The van der Waals surface area contributed by atoms with Crippen molar-refractivity contribution < 1.29 is 38.1 Å². The smallest absolute Gasteiger partial charge is 0.408 e. The van der Waals surface area contributed by atoms with Crippen LogP contribution in [0.3, 0.4) is 0 Å². The highest BCUT2D eigenvalue weighted by atomic mass is 16.6. The Kier molecular flexibility index (Phi) is 10.9. The van der Waals surface area contributed by atoms with Gasteiger partial charge < -0.3 is 29.6 Å². The third kappa shape index (κ3) is 11.5. The van der Waals surface area contributed by atoms with Gasteiger partial charge in [-0.15, -0.1) is 0 Å². The highest BCUT2D eigenvalue weighted by Gasteiger charge is 2.12. The molecule has 0 aromatic carbocycles. The first-order chi connectivity index (χ1) is 12.1. The minimum atomic E-state index is -0.820. The summed E-state index contributed by atoms with van der Waals surface area (Å²) in [5.41, 5.74) is 0.472. The van der Waals surface area contributed by atoms with E-state index in [2.05, 4.69) is 23.8 Å². The summed E-state index contributed by atoms with van der Waals surface area (Å²) in [5.74, 6) is -1.17. The molecule has 0 bridgehead atoms. The first-order valence-electron chi connectivity index (χ1n) is 7.63. The van der Waals surface area contributed by atoms with Crippen LogP contribution in [-0.2, 0) is 28.5 Å². The third-order valence-corrected chi connectivity index (χ3v) is 2.47. The normalized spacial score (nSPS) is 10.7. The first kappa shape index (κ1) is 23.0. The molecule has 26 heavy (non-hydrogen) atoms. The van der Waals surface area contributed by atoms with Crippen LogP contribution in [0.5, 0.6) is 0 Å². The van der Waals surface area contributed by atoms with E-state index in [1.807, 2.05) is 0 Å². The zero-order chi connectivity index (χ0) is 20.1. The number of ether oxygens (including phenoxy) is 4. The van der Waals surface area contributed by atoms with Crippen molar-refractivity contribution in [3.63, 3.8) is 0 Å². The molecule has 0 fully saturated rings. The zero-order valence-corrected chi connectivity index (χ0v) is 15.1. The lowest BCUT2D eigenvalue weighted by Gasteiger charge is -2.14. The van der Waals surface area contributed by atoms with Crippen LogP contribution in [-0.4, -0.2) is 56.7 Å². The summed E-state index contributed by atoms with van der Waals surface area (Å²) in [7, 11) is 0.